The zero-order valence-corrected chi connectivity index (χ0v) is 11.1. The van der Waals surface area contributed by atoms with Crippen LogP contribution in [0.2, 0.25) is 0 Å². The Morgan fingerprint density at radius 1 is 1.45 bits per heavy atom. The van der Waals surface area contributed by atoms with Crippen LogP contribution in [0.3, 0.4) is 0 Å². The zero-order valence-electron chi connectivity index (χ0n) is 11.1. The van der Waals surface area contributed by atoms with Crippen molar-refractivity contribution >= 4 is 5.91 Å². The van der Waals surface area contributed by atoms with Gasteiger partial charge < -0.3 is 9.64 Å². The summed E-state index contributed by atoms with van der Waals surface area (Å²) in [7, 11) is 1.55. The van der Waals surface area contributed by atoms with Crippen LogP contribution in [0.15, 0.2) is 30.7 Å². The molecule has 7 heteroatoms. The molecule has 1 saturated heterocycles. The topological polar surface area (TPSA) is 73.1 Å². The van der Waals surface area contributed by atoms with E-state index in [0.717, 1.165) is 13.0 Å². The van der Waals surface area contributed by atoms with Crippen molar-refractivity contribution in [1.29, 1.82) is 0 Å². The molecule has 104 valence electrons. The first-order valence-corrected chi connectivity index (χ1v) is 6.43. The van der Waals surface area contributed by atoms with Crippen LogP contribution in [0.25, 0.3) is 0 Å². The van der Waals surface area contributed by atoms with Gasteiger partial charge in [-0.25, -0.2) is 9.67 Å². The Balaban J connectivity index is 1.69. The van der Waals surface area contributed by atoms with Crippen LogP contribution in [0.5, 0.6) is 5.88 Å². The third-order valence-electron chi connectivity index (χ3n) is 3.46. The summed E-state index contributed by atoms with van der Waals surface area (Å²) in [6.45, 7) is 1.36. The Morgan fingerprint density at radius 2 is 2.35 bits per heavy atom. The number of carbonyl (C=O) groups is 1. The highest BCUT2D eigenvalue weighted by molar-refractivity contribution is 5.94. The van der Waals surface area contributed by atoms with Crippen molar-refractivity contribution < 1.29 is 9.53 Å². The van der Waals surface area contributed by atoms with Crippen molar-refractivity contribution in [3.63, 3.8) is 0 Å². The van der Waals surface area contributed by atoms with Gasteiger partial charge in [0.2, 0.25) is 5.88 Å². The monoisotopic (exact) mass is 273 g/mol. The molecule has 20 heavy (non-hydrogen) atoms. The zero-order chi connectivity index (χ0) is 13.9. The fourth-order valence-corrected chi connectivity index (χ4v) is 2.36. The van der Waals surface area contributed by atoms with Crippen LogP contribution >= 0.6 is 0 Å². The Morgan fingerprint density at radius 3 is 3.00 bits per heavy atom. The van der Waals surface area contributed by atoms with Gasteiger partial charge in [-0.05, 0) is 12.5 Å². The molecule has 0 saturated carbocycles. The maximum absolute atomic E-state index is 12.4. The molecule has 0 aromatic carbocycles. The van der Waals surface area contributed by atoms with Crippen molar-refractivity contribution in [1.82, 2.24) is 24.9 Å². The van der Waals surface area contributed by atoms with Crippen molar-refractivity contribution in [2.24, 2.45) is 0 Å². The number of amides is 1. The first-order chi connectivity index (χ1) is 9.78. The molecule has 1 fully saturated rings. The van der Waals surface area contributed by atoms with Gasteiger partial charge in [-0.3, -0.25) is 4.79 Å². The maximum atomic E-state index is 12.4. The molecule has 1 aliphatic heterocycles. The molecular formula is C13H15N5O2. The lowest BCUT2D eigenvalue weighted by atomic mass is 10.2. The largest absolute Gasteiger partial charge is 0.481 e. The van der Waals surface area contributed by atoms with Gasteiger partial charge in [0.05, 0.1) is 24.9 Å². The highest BCUT2D eigenvalue weighted by Crippen LogP contribution is 2.22. The highest BCUT2D eigenvalue weighted by Gasteiger charge is 2.28. The van der Waals surface area contributed by atoms with E-state index in [1.54, 1.807) is 36.3 Å². The van der Waals surface area contributed by atoms with Gasteiger partial charge in [-0.15, -0.1) is 5.10 Å². The molecule has 3 heterocycles. The summed E-state index contributed by atoms with van der Waals surface area (Å²) in [6.07, 6.45) is 5.91. The molecule has 1 unspecified atom stereocenters. The number of likely N-dealkylation sites (tertiary alicyclic amines) is 1. The van der Waals surface area contributed by atoms with Gasteiger partial charge in [0, 0.05) is 31.5 Å². The maximum Gasteiger partial charge on any atom is 0.255 e. The fraction of sp³-hybridized carbons (Fsp3) is 0.385. The Labute approximate surface area is 116 Å². The molecule has 2 aromatic heterocycles. The van der Waals surface area contributed by atoms with Gasteiger partial charge in [0.15, 0.2) is 0 Å². The first-order valence-electron chi connectivity index (χ1n) is 6.43. The smallest absolute Gasteiger partial charge is 0.255 e. The number of hydrogen-bond donors (Lipinski definition) is 0. The normalized spacial score (nSPS) is 18.2. The SMILES string of the molecule is COc1ccc(C(=O)N2CCC(n3ccnn3)C2)cn1. The molecular weight excluding hydrogens is 258 g/mol. The number of pyridine rings is 1. The lowest BCUT2D eigenvalue weighted by molar-refractivity contribution is 0.0786. The van der Waals surface area contributed by atoms with Crippen molar-refractivity contribution in [3.05, 3.63) is 36.3 Å². The van der Waals surface area contributed by atoms with Crippen LogP contribution in [0.4, 0.5) is 0 Å². The summed E-state index contributed by atoms with van der Waals surface area (Å²) >= 11 is 0. The van der Waals surface area contributed by atoms with E-state index >= 15 is 0 Å². The second-order valence-corrected chi connectivity index (χ2v) is 4.67. The number of nitrogens with zero attached hydrogens (tertiary/aromatic N) is 5. The summed E-state index contributed by atoms with van der Waals surface area (Å²) < 4.78 is 6.79. The van der Waals surface area contributed by atoms with E-state index in [4.69, 9.17) is 4.74 Å². The summed E-state index contributed by atoms with van der Waals surface area (Å²) in [5, 5.41) is 7.79. The number of rotatable bonds is 3. The predicted molar refractivity (Wildman–Crippen MR) is 70.4 cm³/mol. The molecule has 0 N–H and O–H groups in total. The molecule has 2 aromatic rings. The summed E-state index contributed by atoms with van der Waals surface area (Å²) in [6, 6.07) is 3.63. The lowest BCUT2D eigenvalue weighted by Crippen LogP contribution is -2.29. The minimum absolute atomic E-state index is 0.0113. The molecule has 0 aliphatic carbocycles. The number of methoxy groups -OCH3 is 1. The minimum atomic E-state index is -0.0113. The van der Waals surface area contributed by atoms with E-state index < -0.39 is 0 Å². The van der Waals surface area contributed by atoms with Gasteiger partial charge in [-0.1, -0.05) is 5.21 Å². The van der Waals surface area contributed by atoms with Crippen molar-refractivity contribution in [2.45, 2.75) is 12.5 Å². The molecule has 0 spiro atoms. The molecule has 3 rings (SSSR count). The average molecular weight is 273 g/mol. The van der Waals surface area contributed by atoms with E-state index in [1.165, 1.54) is 0 Å². The molecule has 1 amide bonds. The number of hydrogen-bond acceptors (Lipinski definition) is 5. The van der Waals surface area contributed by atoms with E-state index in [-0.39, 0.29) is 11.9 Å². The second kappa shape index (κ2) is 5.28. The summed E-state index contributed by atoms with van der Waals surface area (Å²) in [5.74, 6) is 0.492. The minimum Gasteiger partial charge on any atom is -0.481 e. The molecule has 0 radical (unpaired) electrons. The van der Waals surface area contributed by atoms with Crippen LogP contribution in [-0.4, -0.2) is 51.0 Å². The van der Waals surface area contributed by atoms with Crippen LogP contribution in [-0.2, 0) is 0 Å². The van der Waals surface area contributed by atoms with Gasteiger partial charge in [-0.2, -0.15) is 0 Å². The van der Waals surface area contributed by atoms with E-state index in [0.29, 0.717) is 18.0 Å². The van der Waals surface area contributed by atoms with E-state index in [1.807, 2.05) is 11.1 Å². The van der Waals surface area contributed by atoms with E-state index in [9.17, 15) is 4.79 Å². The number of ether oxygens (including phenoxy) is 1. The molecule has 0 bridgehead atoms. The Hall–Kier alpha value is -2.44. The van der Waals surface area contributed by atoms with Crippen molar-refractivity contribution in [2.75, 3.05) is 20.2 Å². The first kappa shape index (κ1) is 12.6. The standard InChI is InChI=1S/C13H15N5O2/c1-20-12-3-2-10(8-14-12)13(19)17-6-4-11(9-17)18-7-5-15-16-18/h2-3,5,7-8,11H,4,6,9H2,1H3. The summed E-state index contributed by atoms with van der Waals surface area (Å²) in [4.78, 5) is 18.2. The second-order valence-electron chi connectivity index (χ2n) is 4.67. The highest BCUT2D eigenvalue weighted by atomic mass is 16.5. The van der Waals surface area contributed by atoms with E-state index in [2.05, 4.69) is 15.3 Å². The van der Waals surface area contributed by atoms with Gasteiger partial charge >= 0.3 is 0 Å². The van der Waals surface area contributed by atoms with Crippen LogP contribution in [0.1, 0.15) is 22.8 Å². The molecule has 7 nitrogen and oxygen atoms in total. The third kappa shape index (κ3) is 2.34. The average Bonchev–Trinajstić information content (AvgIpc) is 3.17. The summed E-state index contributed by atoms with van der Waals surface area (Å²) in [5.41, 5.74) is 0.574. The Kier molecular flexibility index (Phi) is 3.32. The predicted octanol–water partition coefficient (Wildman–Crippen LogP) is 0.769. The lowest BCUT2D eigenvalue weighted by Gasteiger charge is -2.16. The molecule has 1 atom stereocenters. The van der Waals surface area contributed by atoms with Crippen LogP contribution < -0.4 is 4.74 Å². The number of aromatic nitrogens is 4. The Bertz CT molecular complexity index is 581. The van der Waals surface area contributed by atoms with Crippen molar-refractivity contribution in [3.8, 4) is 5.88 Å². The fourth-order valence-electron chi connectivity index (χ4n) is 2.36. The third-order valence-corrected chi connectivity index (χ3v) is 3.46. The van der Waals surface area contributed by atoms with Gasteiger partial charge in [0.1, 0.15) is 0 Å². The van der Waals surface area contributed by atoms with Crippen LogP contribution in [0, 0.1) is 0 Å². The quantitative estimate of drug-likeness (QED) is 0.825. The molecule has 1 aliphatic rings. The number of carbonyl (C=O) groups excluding carboxylic acids is 1. The van der Waals surface area contributed by atoms with Gasteiger partial charge in [0.25, 0.3) is 5.91 Å².